The van der Waals surface area contributed by atoms with Crippen LogP contribution < -0.4 is 11.1 Å². The van der Waals surface area contributed by atoms with E-state index < -0.39 is 0 Å². The molecular formula is C27H44N2O2. The fourth-order valence-corrected chi connectivity index (χ4v) is 8.66. The number of ether oxygens (including phenoxy) is 1. The van der Waals surface area contributed by atoms with Crippen molar-refractivity contribution in [2.45, 2.75) is 103 Å². The lowest BCUT2D eigenvalue weighted by Gasteiger charge is -2.53. The minimum absolute atomic E-state index is 0.218. The van der Waals surface area contributed by atoms with E-state index in [1.165, 1.54) is 12.8 Å². The van der Waals surface area contributed by atoms with Gasteiger partial charge in [-0.2, -0.15) is 0 Å². The van der Waals surface area contributed by atoms with Crippen molar-refractivity contribution in [3.05, 3.63) is 11.1 Å². The van der Waals surface area contributed by atoms with Crippen LogP contribution in [0.5, 0.6) is 0 Å². The number of hydrogen-bond acceptors (Lipinski definition) is 4. The van der Waals surface area contributed by atoms with E-state index in [1.54, 1.807) is 11.1 Å². The Morgan fingerprint density at radius 3 is 2.71 bits per heavy atom. The maximum Gasteiger partial charge on any atom is 0.133 e. The van der Waals surface area contributed by atoms with Crippen molar-refractivity contribution in [1.82, 2.24) is 5.32 Å². The molecule has 0 bridgehead atoms. The number of piperidine rings is 1. The van der Waals surface area contributed by atoms with Crippen LogP contribution in [0.3, 0.4) is 0 Å². The van der Waals surface area contributed by atoms with Gasteiger partial charge in [-0.1, -0.05) is 31.9 Å². The predicted molar refractivity (Wildman–Crippen MR) is 125 cm³/mol. The van der Waals surface area contributed by atoms with E-state index in [1.807, 2.05) is 0 Å². The monoisotopic (exact) mass is 428 g/mol. The molecule has 31 heavy (non-hydrogen) atoms. The highest BCUT2D eigenvalue weighted by Gasteiger charge is 2.60. The fraction of sp³-hybridized carbons (Fsp3) is 0.889. The average Bonchev–Trinajstić information content (AvgIpc) is 3.02. The number of nitrogens with one attached hydrogen (secondary N) is 1. The Bertz CT molecular complexity index is 762. The van der Waals surface area contributed by atoms with E-state index in [-0.39, 0.29) is 11.0 Å². The zero-order valence-electron chi connectivity index (χ0n) is 20.2. The molecule has 2 heterocycles. The first-order chi connectivity index (χ1) is 14.7. The summed E-state index contributed by atoms with van der Waals surface area (Å²) in [6.45, 7) is 11.5. The van der Waals surface area contributed by atoms with Crippen LogP contribution in [0.2, 0.25) is 0 Å². The van der Waals surface area contributed by atoms with Crippen molar-refractivity contribution in [1.29, 1.82) is 0 Å². The van der Waals surface area contributed by atoms with E-state index in [9.17, 15) is 4.79 Å². The van der Waals surface area contributed by atoms with Crippen LogP contribution >= 0.6 is 0 Å². The molecular weight excluding hydrogens is 384 g/mol. The minimum atomic E-state index is -0.218. The summed E-state index contributed by atoms with van der Waals surface area (Å²) in [6, 6.07) is 0.451. The first-order valence-electron chi connectivity index (χ1n) is 13.1. The summed E-state index contributed by atoms with van der Waals surface area (Å²) >= 11 is 0. The summed E-state index contributed by atoms with van der Waals surface area (Å²) in [5.41, 5.74) is 10.6. The van der Waals surface area contributed by atoms with E-state index >= 15 is 0 Å². The minimum Gasteiger partial charge on any atom is -0.376 e. The highest BCUT2D eigenvalue weighted by atomic mass is 16.5. The number of carbonyl (C=O) groups excluding carboxylic acids is 1. The Morgan fingerprint density at radius 1 is 1.10 bits per heavy atom. The fourth-order valence-electron chi connectivity index (χ4n) is 8.66. The highest BCUT2D eigenvalue weighted by Crippen LogP contribution is 2.64. The number of ketones is 1. The second-order valence-corrected chi connectivity index (χ2v) is 12.4. The molecule has 3 N–H and O–H groups in total. The van der Waals surface area contributed by atoms with Crippen LogP contribution in [0.4, 0.5) is 0 Å². The molecule has 0 aromatic heterocycles. The molecule has 174 valence electrons. The molecule has 4 fully saturated rings. The smallest absolute Gasteiger partial charge is 0.133 e. The third-order valence-corrected chi connectivity index (χ3v) is 10.5. The van der Waals surface area contributed by atoms with Gasteiger partial charge in [-0.3, -0.25) is 4.79 Å². The number of carbonyl (C=O) groups is 1. The molecule has 4 heteroatoms. The van der Waals surface area contributed by atoms with Gasteiger partial charge >= 0.3 is 0 Å². The molecule has 0 spiro atoms. The standard InChI is InChI=1S/C27H44N2O2/c1-16-11-24-25(29-15-16)18(3)12-17(2)22-14-23-21(27(22,28)9-10-31-24)6-5-19-13-20(30)7-8-26(19,23)4/h16,18-19,21,23-25,29H,5-15,28H2,1-4H3/b22-17-/t16-,18?,19?,21?,23?,24+,25-,26-,27+/m0/s1. The van der Waals surface area contributed by atoms with Crippen LogP contribution in [-0.4, -0.2) is 36.6 Å². The van der Waals surface area contributed by atoms with Crippen LogP contribution in [0.1, 0.15) is 85.5 Å². The molecule has 4 nitrogen and oxygen atoms in total. The van der Waals surface area contributed by atoms with Gasteiger partial charge in [0.2, 0.25) is 0 Å². The zero-order chi connectivity index (χ0) is 22.0. The van der Waals surface area contributed by atoms with E-state index in [4.69, 9.17) is 10.5 Å². The molecule has 9 atom stereocenters. The third kappa shape index (κ3) is 3.56. The topological polar surface area (TPSA) is 64.4 Å². The lowest BCUT2D eigenvalue weighted by Crippen LogP contribution is -2.55. The number of hydrogen-bond donors (Lipinski definition) is 2. The second kappa shape index (κ2) is 7.95. The number of Topliss-reactive ketones (excluding diaryl/α,β-unsaturated/α-hetero) is 1. The number of fused-ring (bicyclic) bond motifs is 6. The van der Waals surface area contributed by atoms with Gasteiger partial charge in [0.1, 0.15) is 5.78 Å². The first kappa shape index (κ1) is 22.1. The molecule has 1 saturated heterocycles. The summed E-state index contributed by atoms with van der Waals surface area (Å²) in [6.07, 6.45) is 9.72. The van der Waals surface area contributed by atoms with Crippen molar-refractivity contribution < 1.29 is 9.53 Å². The Balaban J connectivity index is 1.47. The average molecular weight is 429 g/mol. The second-order valence-electron chi connectivity index (χ2n) is 12.4. The Kier molecular flexibility index (Phi) is 5.67. The van der Waals surface area contributed by atoms with Gasteiger partial charge in [0.25, 0.3) is 0 Å². The van der Waals surface area contributed by atoms with Gasteiger partial charge in [-0.05, 0) is 93.4 Å². The van der Waals surface area contributed by atoms with Crippen molar-refractivity contribution in [3.8, 4) is 0 Å². The van der Waals surface area contributed by atoms with Crippen molar-refractivity contribution in [2.24, 2.45) is 40.7 Å². The maximum absolute atomic E-state index is 12.2. The first-order valence-corrected chi connectivity index (χ1v) is 13.1. The molecule has 2 aliphatic heterocycles. The summed E-state index contributed by atoms with van der Waals surface area (Å²) in [4.78, 5) is 12.2. The molecule has 3 saturated carbocycles. The lowest BCUT2D eigenvalue weighted by atomic mass is 9.52. The van der Waals surface area contributed by atoms with Gasteiger partial charge in [0.05, 0.1) is 6.10 Å². The Hall–Kier alpha value is -0.710. The summed E-state index contributed by atoms with van der Waals surface area (Å²) in [5.74, 6) is 3.47. The molecule has 5 rings (SSSR count). The van der Waals surface area contributed by atoms with Gasteiger partial charge in [0.15, 0.2) is 0 Å². The SMILES string of the molecule is C/C1=C2\CC3C(CCC4CC(=O)CC[C@@]43C)[C@]2(N)CCO[C@@H]2C[C@H](C)CN[C@H]2C(C)C1. The molecule has 3 aliphatic carbocycles. The molecule has 0 radical (unpaired) electrons. The number of rotatable bonds is 0. The van der Waals surface area contributed by atoms with Crippen LogP contribution in [0.15, 0.2) is 11.1 Å². The van der Waals surface area contributed by atoms with Crippen molar-refractivity contribution in [3.63, 3.8) is 0 Å². The van der Waals surface area contributed by atoms with Gasteiger partial charge in [-0.15, -0.1) is 0 Å². The molecule has 4 unspecified atom stereocenters. The van der Waals surface area contributed by atoms with Gasteiger partial charge in [-0.25, -0.2) is 0 Å². The maximum atomic E-state index is 12.2. The van der Waals surface area contributed by atoms with Gasteiger partial charge in [0, 0.05) is 31.0 Å². The summed E-state index contributed by atoms with van der Waals surface area (Å²) < 4.78 is 6.59. The molecule has 0 aromatic rings. The van der Waals surface area contributed by atoms with E-state index in [0.29, 0.717) is 47.5 Å². The zero-order valence-corrected chi connectivity index (χ0v) is 20.2. The van der Waals surface area contributed by atoms with Crippen molar-refractivity contribution >= 4 is 5.78 Å². The molecule has 5 aliphatic rings. The predicted octanol–water partition coefficient (Wildman–Crippen LogP) is 4.62. The third-order valence-electron chi connectivity index (χ3n) is 10.5. The summed E-state index contributed by atoms with van der Waals surface area (Å²) in [5, 5.41) is 3.81. The van der Waals surface area contributed by atoms with Crippen LogP contribution in [0, 0.1) is 35.0 Å². The van der Waals surface area contributed by atoms with Crippen LogP contribution in [-0.2, 0) is 9.53 Å². The Labute approximate surface area is 189 Å². The Morgan fingerprint density at radius 2 is 1.90 bits per heavy atom. The number of nitrogens with two attached hydrogens (primary N) is 1. The van der Waals surface area contributed by atoms with Crippen molar-refractivity contribution in [2.75, 3.05) is 13.2 Å². The van der Waals surface area contributed by atoms with Crippen LogP contribution in [0.25, 0.3) is 0 Å². The number of allylic oxidation sites excluding steroid dienone is 1. The van der Waals surface area contributed by atoms with E-state index in [2.05, 4.69) is 33.0 Å². The molecule has 0 amide bonds. The largest absolute Gasteiger partial charge is 0.376 e. The molecule has 0 aromatic carbocycles. The quantitative estimate of drug-likeness (QED) is 0.553. The van der Waals surface area contributed by atoms with E-state index in [0.717, 1.165) is 58.1 Å². The lowest BCUT2D eigenvalue weighted by molar-refractivity contribution is -0.130. The normalized spacial score (nSPS) is 53.2. The van der Waals surface area contributed by atoms with Gasteiger partial charge < -0.3 is 15.8 Å². The highest BCUT2D eigenvalue weighted by molar-refractivity contribution is 5.79. The summed E-state index contributed by atoms with van der Waals surface area (Å²) in [7, 11) is 0.